The number of fused-ring (bicyclic) bond motifs is 1. The number of likely N-dealkylation sites (tertiary alicyclic amines) is 1. The third-order valence-corrected chi connectivity index (χ3v) is 2.96. The number of amides is 1. The molecule has 1 saturated heterocycles. The topological polar surface area (TPSA) is 57.6 Å². The molecule has 0 aromatic heterocycles. The van der Waals surface area contributed by atoms with Crippen molar-refractivity contribution in [2.24, 2.45) is 11.8 Å². The molecule has 1 heterocycles. The third-order valence-electron chi connectivity index (χ3n) is 2.96. The van der Waals surface area contributed by atoms with Crippen LogP contribution in [0.25, 0.3) is 0 Å². The summed E-state index contributed by atoms with van der Waals surface area (Å²) in [6.45, 7) is 2.58. The van der Waals surface area contributed by atoms with E-state index in [1.54, 1.807) is 11.8 Å². The lowest BCUT2D eigenvalue weighted by Crippen LogP contribution is -2.37. The highest BCUT2D eigenvalue weighted by Crippen LogP contribution is 2.46. The zero-order chi connectivity index (χ0) is 9.59. The summed E-state index contributed by atoms with van der Waals surface area (Å²) in [4.78, 5) is 23.6. The van der Waals surface area contributed by atoms with Crippen LogP contribution in [0.2, 0.25) is 0 Å². The van der Waals surface area contributed by atoms with Crippen molar-refractivity contribution >= 4 is 11.9 Å². The molecular weight excluding hydrogens is 170 g/mol. The quantitative estimate of drug-likeness (QED) is 0.685. The van der Waals surface area contributed by atoms with Crippen molar-refractivity contribution in [2.45, 2.75) is 25.8 Å². The number of hydrogen-bond donors (Lipinski definition) is 1. The normalized spacial score (nSPS) is 33.0. The van der Waals surface area contributed by atoms with Crippen LogP contribution in [0.15, 0.2) is 0 Å². The minimum atomic E-state index is -0.833. The molecular formula is C9H13NO3. The summed E-state index contributed by atoms with van der Waals surface area (Å²) in [7, 11) is 0. The van der Waals surface area contributed by atoms with Crippen LogP contribution >= 0.6 is 0 Å². The largest absolute Gasteiger partial charge is 0.481 e. The van der Waals surface area contributed by atoms with E-state index in [-0.39, 0.29) is 24.3 Å². The fourth-order valence-electron chi connectivity index (χ4n) is 2.07. The first-order valence-corrected chi connectivity index (χ1v) is 4.62. The van der Waals surface area contributed by atoms with E-state index >= 15 is 0 Å². The van der Waals surface area contributed by atoms with Gasteiger partial charge in [-0.2, -0.15) is 0 Å². The maximum absolute atomic E-state index is 11.5. The molecule has 0 spiro atoms. The number of hydrogen-bond acceptors (Lipinski definition) is 2. The Bertz CT molecular complexity index is 264. The average molecular weight is 183 g/mol. The van der Waals surface area contributed by atoms with E-state index < -0.39 is 5.97 Å². The molecule has 3 unspecified atom stereocenters. The van der Waals surface area contributed by atoms with Gasteiger partial charge in [0, 0.05) is 18.5 Å². The molecule has 3 atom stereocenters. The summed E-state index contributed by atoms with van der Waals surface area (Å²) in [5, 5.41) is 8.57. The lowest BCUT2D eigenvalue weighted by molar-refractivity contribution is -0.140. The van der Waals surface area contributed by atoms with Gasteiger partial charge in [-0.3, -0.25) is 9.59 Å². The number of aliphatic carboxylic acids is 1. The van der Waals surface area contributed by atoms with Crippen molar-refractivity contribution in [1.29, 1.82) is 0 Å². The van der Waals surface area contributed by atoms with Gasteiger partial charge in [0.1, 0.15) is 0 Å². The highest BCUT2D eigenvalue weighted by molar-refractivity contribution is 5.85. The standard InChI is InChI=1S/C9H13NO3/c1-5(2-8(11)12)10-4-6-3-7(6)9(10)13/h5-7H,2-4H2,1H3,(H,11,12). The Labute approximate surface area is 76.5 Å². The Morgan fingerprint density at radius 2 is 2.46 bits per heavy atom. The number of carbonyl (C=O) groups excluding carboxylic acids is 1. The van der Waals surface area contributed by atoms with Gasteiger partial charge < -0.3 is 10.0 Å². The molecule has 4 heteroatoms. The number of rotatable bonds is 3. The summed E-state index contributed by atoms with van der Waals surface area (Å²) in [6, 6.07) is -0.141. The second kappa shape index (κ2) is 2.72. The summed E-state index contributed by atoms with van der Waals surface area (Å²) < 4.78 is 0. The summed E-state index contributed by atoms with van der Waals surface area (Å²) in [5.41, 5.74) is 0. The van der Waals surface area contributed by atoms with E-state index in [9.17, 15) is 9.59 Å². The molecule has 1 amide bonds. The van der Waals surface area contributed by atoms with Crippen molar-refractivity contribution in [3.8, 4) is 0 Å². The van der Waals surface area contributed by atoms with Gasteiger partial charge in [-0.05, 0) is 19.3 Å². The Hall–Kier alpha value is -1.06. The Kier molecular flexibility index (Phi) is 1.78. The first-order chi connectivity index (χ1) is 6.09. The smallest absolute Gasteiger partial charge is 0.305 e. The van der Waals surface area contributed by atoms with Crippen LogP contribution in [0.5, 0.6) is 0 Å². The maximum atomic E-state index is 11.5. The first-order valence-electron chi connectivity index (χ1n) is 4.62. The molecule has 4 nitrogen and oxygen atoms in total. The summed E-state index contributed by atoms with van der Waals surface area (Å²) in [6.07, 6.45) is 1.08. The zero-order valence-electron chi connectivity index (χ0n) is 7.56. The Morgan fingerprint density at radius 1 is 1.77 bits per heavy atom. The van der Waals surface area contributed by atoms with Gasteiger partial charge in [0.15, 0.2) is 0 Å². The zero-order valence-corrected chi connectivity index (χ0v) is 7.56. The lowest BCUT2D eigenvalue weighted by Gasteiger charge is -2.24. The number of piperidine rings is 1. The second-order valence-corrected chi connectivity index (χ2v) is 4.04. The van der Waals surface area contributed by atoms with E-state index in [1.807, 2.05) is 0 Å². The van der Waals surface area contributed by atoms with Crippen LogP contribution in [0.4, 0.5) is 0 Å². The fraction of sp³-hybridized carbons (Fsp3) is 0.778. The van der Waals surface area contributed by atoms with Gasteiger partial charge in [0.05, 0.1) is 6.42 Å². The van der Waals surface area contributed by atoms with Crippen molar-refractivity contribution < 1.29 is 14.7 Å². The minimum Gasteiger partial charge on any atom is -0.481 e. The monoisotopic (exact) mass is 183 g/mol. The van der Waals surface area contributed by atoms with Crippen molar-refractivity contribution in [1.82, 2.24) is 4.90 Å². The number of carboxylic acids is 1. The third kappa shape index (κ3) is 1.41. The summed E-state index contributed by atoms with van der Waals surface area (Å²) >= 11 is 0. The predicted molar refractivity (Wildman–Crippen MR) is 45.0 cm³/mol. The molecule has 0 bridgehead atoms. The van der Waals surface area contributed by atoms with Gasteiger partial charge >= 0.3 is 5.97 Å². The van der Waals surface area contributed by atoms with Gasteiger partial charge in [-0.15, -0.1) is 0 Å². The Balaban J connectivity index is 1.94. The fourth-order valence-corrected chi connectivity index (χ4v) is 2.07. The molecule has 1 aliphatic heterocycles. The van der Waals surface area contributed by atoms with Crippen LogP contribution < -0.4 is 0 Å². The van der Waals surface area contributed by atoms with E-state index in [4.69, 9.17) is 5.11 Å². The first kappa shape index (κ1) is 8.53. The van der Waals surface area contributed by atoms with Crippen LogP contribution in [-0.2, 0) is 9.59 Å². The molecule has 0 aromatic carbocycles. The molecule has 1 saturated carbocycles. The van der Waals surface area contributed by atoms with Crippen LogP contribution in [0.3, 0.4) is 0 Å². The average Bonchev–Trinajstić information content (AvgIpc) is 2.70. The molecule has 2 fully saturated rings. The van der Waals surface area contributed by atoms with Gasteiger partial charge in [0.25, 0.3) is 0 Å². The minimum absolute atomic E-state index is 0.0607. The SMILES string of the molecule is CC(CC(=O)O)N1CC2CC2C1=O. The number of nitrogens with zero attached hydrogens (tertiary/aromatic N) is 1. The molecule has 13 heavy (non-hydrogen) atoms. The number of carboxylic acid groups (broad SMARTS) is 1. The molecule has 1 N–H and O–H groups in total. The van der Waals surface area contributed by atoms with E-state index in [1.165, 1.54) is 0 Å². The highest BCUT2D eigenvalue weighted by atomic mass is 16.4. The maximum Gasteiger partial charge on any atom is 0.305 e. The van der Waals surface area contributed by atoms with E-state index in [0.29, 0.717) is 5.92 Å². The molecule has 72 valence electrons. The lowest BCUT2D eigenvalue weighted by atomic mass is 10.2. The van der Waals surface area contributed by atoms with Crippen molar-refractivity contribution in [2.75, 3.05) is 6.54 Å². The highest BCUT2D eigenvalue weighted by Gasteiger charge is 2.53. The molecule has 2 aliphatic rings. The van der Waals surface area contributed by atoms with E-state index in [2.05, 4.69) is 0 Å². The molecule has 1 aliphatic carbocycles. The number of carbonyl (C=O) groups is 2. The molecule has 0 aromatic rings. The van der Waals surface area contributed by atoms with Crippen LogP contribution in [0.1, 0.15) is 19.8 Å². The Morgan fingerprint density at radius 3 is 2.92 bits per heavy atom. The van der Waals surface area contributed by atoms with Crippen LogP contribution in [-0.4, -0.2) is 34.5 Å². The van der Waals surface area contributed by atoms with Crippen molar-refractivity contribution in [3.05, 3.63) is 0 Å². The molecule has 0 radical (unpaired) electrons. The van der Waals surface area contributed by atoms with Gasteiger partial charge in [-0.1, -0.05) is 0 Å². The van der Waals surface area contributed by atoms with Gasteiger partial charge in [0.2, 0.25) is 5.91 Å². The van der Waals surface area contributed by atoms with E-state index in [0.717, 1.165) is 13.0 Å². The molecule has 2 rings (SSSR count). The predicted octanol–water partition coefficient (Wildman–Crippen LogP) is 0.328. The van der Waals surface area contributed by atoms with Gasteiger partial charge in [-0.25, -0.2) is 0 Å². The second-order valence-electron chi connectivity index (χ2n) is 4.04. The van der Waals surface area contributed by atoms with Crippen molar-refractivity contribution in [3.63, 3.8) is 0 Å². The summed E-state index contributed by atoms with van der Waals surface area (Å²) in [5.74, 6) is 0.0969. The van der Waals surface area contributed by atoms with Crippen LogP contribution in [0, 0.1) is 11.8 Å².